The van der Waals surface area contributed by atoms with E-state index in [0.717, 1.165) is 12.8 Å². The highest BCUT2D eigenvalue weighted by molar-refractivity contribution is 5.73. The molecule has 0 bridgehead atoms. The van der Waals surface area contributed by atoms with Gasteiger partial charge in [0.1, 0.15) is 0 Å². The molecule has 0 aliphatic heterocycles. The molecule has 0 heterocycles. The van der Waals surface area contributed by atoms with E-state index in [9.17, 15) is 4.79 Å². The number of rotatable bonds is 1. The highest BCUT2D eigenvalue weighted by Crippen LogP contribution is 2.34. The van der Waals surface area contributed by atoms with Crippen molar-refractivity contribution in [3.8, 4) is 0 Å². The van der Waals surface area contributed by atoms with Crippen LogP contribution >= 0.6 is 0 Å². The maximum Gasteiger partial charge on any atom is 0.217 e. The summed E-state index contributed by atoms with van der Waals surface area (Å²) >= 11 is 0. The molecule has 1 fully saturated rings. The molecule has 0 saturated heterocycles. The zero-order chi connectivity index (χ0) is 13.2. The van der Waals surface area contributed by atoms with Gasteiger partial charge in [-0.05, 0) is 31.1 Å². The fourth-order valence-corrected chi connectivity index (χ4v) is 1.83. The molecule has 98 valence electrons. The van der Waals surface area contributed by atoms with E-state index >= 15 is 0 Å². The first kappa shape index (κ1) is 17.9. The predicted molar refractivity (Wildman–Crippen MR) is 72.5 cm³/mol. The Morgan fingerprint density at radius 2 is 1.44 bits per heavy atom. The van der Waals surface area contributed by atoms with Crippen molar-refractivity contribution in [2.45, 2.75) is 80.2 Å². The summed E-state index contributed by atoms with van der Waals surface area (Å²) in [6.07, 6.45) is 4.76. The fourth-order valence-electron chi connectivity index (χ4n) is 1.83. The number of nitrogens with one attached hydrogen (secondary N) is 1. The fraction of sp³-hybridized carbons (Fsp3) is 0.929. The Balaban J connectivity index is 0. The summed E-state index contributed by atoms with van der Waals surface area (Å²) in [5, 5.41) is 2.98. The van der Waals surface area contributed by atoms with Crippen LogP contribution in [0.25, 0.3) is 0 Å². The van der Waals surface area contributed by atoms with Crippen molar-refractivity contribution in [3.05, 3.63) is 0 Å². The molecular weight excluding hydrogens is 198 g/mol. The quantitative estimate of drug-likeness (QED) is 0.719. The van der Waals surface area contributed by atoms with Gasteiger partial charge in [-0.25, -0.2) is 0 Å². The van der Waals surface area contributed by atoms with Gasteiger partial charge < -0.3 is 5.32 Å². The molecule has 1 aliphatic rings. The highest BCUT2D eigenvalue weighted by Gasteiger charge is 2.26. The molecule has 0 atom stereocenters. The van der Waals surface area contributed by atoms with Gasteiger partial charge in [-0.1, -0.05) is 41.5 Å². The van der Waals surface area contributed by atoms with Crippen molar-refractivity contribution in [3.63, 3.8) is 0 Å². The lowest BCUT2D eigenvalue weighted by Crippen LogP contribution is -2.37. The van der Waals surface area contributed by atoms with E-state index in [0.29, 0.717) is 11.5 Å². The van der Waals surface area contributed by atoms with Crippen LogP contribution in [0.4, 0.5) is 0 Å². The molecule has 0 unspecified atom stereocenters. The predicted octanol–water partition coefficient (Wildman–Crippen LogP) is 4.14. The second kappa shape index (κ2) is 9.68. The van der Waals surface area contributed by atoms with Crippen LogP contribution < -0.4 is 5.32 Å². The van der Waals surface area contributed by atoms with Gasteiger partial charge in [0, 0.05) is 13.0 Å². The van der Waals surface area contributed by atoms with E-state index in [2.05, 4.69) is 19.2 Å². The first-order chi connectivity index (χ1) is 7.49. The smallest absolute Gasteiger partial charge is 0.217 e. The third-order valence-electron chi connectivity index (χ3n) is 2.75. The molecule has 16 heavy (non-hydrogen) atoms. The average molecular weight is 229 g/mol. The van der Waals surface area contributed by atoms with Crippen LogP contribution in [0, 0.1) is 5.41 Å². The van der Waals surface area contributed by atoms with Crippen LogP contribution in [-0.2, 0) is 4.79 Å². The van der Waals surface area contributed by atoms with Gasteiger partial charge in [-0.2, -0.15) is 0 Å². The Morgan fingerprint density at radius 3 is 1.75 bits per heavy atom. The molecule has 0 aromatic rings. The minimum Gasteiger partial charge on any atom is -0.354 e. The summed E-state index contributed by atoms with van der Waals surface area (Å²) in [6.45, 7) is 14.2. The van der Waals surface area contributed by atoms with Crippen LogP contribution in [0.3, 0.4) is 0 Å². The number of carbonyl (C=O) groups is 1. The minimum absolute atomic E-state index is 0.111. The second-order valence-corrected chi connectivity index (χ2v) is 4.64. The van der Waals surface area contributed by atoms with Gasteiger partial charge in [0.2, 0.25) is 5.91 Å². The first-order valence-electron chi connectivity index (χ1n) is 6.77. The molecule has 0 aromatic carbocycles. The Labute approximate surface area is 102 Å². The van der Waals surface area contributed by atoms with Gasteiger partial charge in [0.05, 0.1) is 0 Å². The van der Waals surface area contributed by atoms with E-state index in [1.54, 1.807) is 6.92 Å². The standard InChI is InChI=1S/C10H19NO.2C2H6/c1-8(12)11-9-4-6-10(2,3)7-5-9;2*1-2/h9H,4-7H2,1-3H3,(H,11,12);2*1-2H3. The van der Waals surface area contributed by atoms with Crippen LogP contribution in [0.1, 0.15) is 74.1 Å². The van der Waals surface area contributed by atoms with Crippen LogP contribution in [0.5, 0.6) is 0 Å². The third kappa shape index (κ3) is 8.75. The van der Waals surface area contributed by atoms with Gasteiger partial charge in [-0.15, -0.1) is 0 Å². The minimum atomic E-state index is 0.111. The maximum atomic E-state index is 10.8. The Morgan fingerprint density at radius 1 is 1.06 bits per heavy atom. The van der Waals surface area contributed by atoms with E-state index in [1.165, 1.54) is 12.8 Å². The zero-order valence-corrected chi connectivity index (χ0v) is 12.3. The Kier molecular flexibility index (Phi) is 10.8. The largest absolute Gasteiger partial charge is 0.354 e. The van der Waals surface area contributed by atoms with Crippen molar-refractivity contribution in [1.82, 2.24) is 5.32 Å². The summed E-state index contributed by atoms with van der Waals surface area (Å²) in [5.74, 6) is 0.111. The molecule has 1 rings (SSSR count). The topological polar surface area (TPSA) is 29.1 Å². The zero-order valence-electron chi connectivity index (χ0n) is 12.3. The van der Waals surface area contributed by atoms with Gasteiger partial charge in [-0.3, -0.25) is 4.79 Å². The van der Waals surface area contributed by atoms with E-state index in [-0.39, 0.29) is 5.91 Å². The maximum absolute atomic E-state index is 10.8. The van der Waals surface area contributed by atoms with Crippen LogP contribution in [-0.4, -0.2) is 11.9 Å². The number of carbonyl (C=O) groups excluding carboxylic acids is 1. The molecule has 1 amide bonds. The lowest BCUT2D eigenvalue weighted by Gasteiger charge is -2.34. The number of hydrogen-bond acceptors (Lipinski definition) is 1. The summed E-state index contributed by atoms with van der Waals surface area (Å²) in [5.41, 5.74) is 0.495. The average Bonchev–Trinajstić information content (AvgIpc) is 2.27. The highest BCUT2D eigenvalue weighted by atomic mass is 16.1. The second-order valence-electron chi connectivity index (χ2n) is 4.64. The van der Waals surface area contributed by atoms with Gasteiger partial charge in [0.25, 0.3) is 0 Å². The number of amides is 1. The van der Waals surface area contributed by atoms with Crippen molar-refractivity contribution >= 4 is 5.91 Å². The molecule has 2 nitrogen and oxygen atoms in total. The Hall–Kier alpha value is -0.530. The molecule has 1 aliphatic carbocycles. The monoisotopic (exact) mass is 229 g/mol. The summed E-state index contributed by atoms with van der Waals surface area (Å²) in [6, 6.07) is 0.440. The molecule has 2 heteroatoms. The third-order valence-corrected chi connectivity index (χ3v) is 2.75. The lowest BCUT2D eigenvalue weighted by atomic mass is 9.75. The van der Waals surface area contributed by atoms with Crippen molar-refractivity contribution in [2.24, 2.45) is 5.41 Å². The normalized spacial score (nSPS) is 18.4. The summed E-state index contributed by atoms with van der Waals surface area (Å²) in [7, 11) is 0. The van der Waals surface area contributed by atoms with E-state index < -0.39 is 0 Å². The molecule has 1 saturated carbocycles. The van der Waals surface area contributed by atoms with Crippen molar-refractivity contribution in [1.29, 1.82) is 0 Å². The summed E-state index contributed by atoms with van der Waals surface area (Å²) in [4.78, 5) is 10.8. The van der Waals surface area contributed by atoms with Crippen molar-refractivity contribution in [2.75, 3.05) is 0 Å². The van der Waals surface area contributed by atoms with Crippen LogP contribution in [0.2, 0.25) is 0 Å². The number of hydrogen-bond donors (Lipinski definition) is 1. The summed E-state index contributed by atoms with van der Waals surface area (Å²) < 4.78 is 0. The van der Waals surface area contributed by atoms with E-state index in [4.69, 9.17) is 0 Å². The Bertz CT molecular complexity index is 166. The molecule has 0 radical (unpaired) electrons. The van der Waals surface area contributed by atoms with E-state index in [1.807, 2.05) is 27.7 Å². The van der Waals surface area contributed by atoms with Gasteiger partial charge >= 0.3 is 0 Å². The van der Waals surface area contributed by atoms with Crippen molar-refractivity contribution < 1.29 is 4.79 Å². The van der Waals surface area contributed by atoms with Gasteiger partial charge in [0.15, 0.2) is 0 Å². The molecule has 0 aromatic heterocycles. The lowest BCUT2D eigenvalue weighted by molar-refractivity contribution is -0.120. The molecular formula is C14H31NO. The molecule has 1 N–H and O–H groups in total. The van der Waals surface area contributed by atoms with Crippen LogP contribution in [0.15, 0.2) is 0 Å². The SMILES string of the molecule is CC.CC.CC(=O)NC1CCC(C)(C)CC1. The first-order valence-corrected chi connectivity index (χ1v) is 6.77. The molecule has 0 spiro atoms.